The van der Waals surface area contributed by atoms with E-state index in [4.69, 9.17) is 16.3 Å². The van der Waals surface area contributed by atoms with Gasteiger partial charge in [0.05, 0.1) is 7.11 Å². The summed E-state index contributed by atoms with van der Waals surface area (Å²) in [5.41, 5.74) is 2.44. The number of aromatic nitrogens is 1. The summed E-state index contributed by atoms with van der Waals surface area (Å²) in [6.07, 6.45) is 3.75. The molecule has 0 saturated heterocycles. The van der Waals surface area contributed by atoms with Gasteiger partial charge in [0.25, 0.3) is 0 Å². The fourth-order valence-corrected chi connectivity index (χ4v) is 2.60. The van der Waals surface area contributed by atoms with Crippen molar-refractivity contribution in [3.05, 3.63) is 58.7 Å². The van der Waals surface area contributed by atoms with Gasteiger partial charge in [-0.05, 0) is 42.6 Å². The third-order valence-electron chi connectivity index (χ3n) is 3.35. The molecule has 0 amide bonds. The number of ether oxygens (including phenoxy) is 1. The van der Waals surface area contributed by atoms with Gasteiger partial charge in [0.15, 0.2) is 0 Å². The van der Waals surface area contributed by atoms with Crippen LogP contribution in [-0.4, -0.2) is 24.7 Å². The third kappa shape index (κ3) is 5.03. The largest absolute Gasteiger partial charge is 0.481 e. The van der Waals surface area contributed by atoms with E-state index in [0.29, 0.717) is 11.9 Å². The molecule has 0 bridgehead atoms. The number of hydrogen-bond acceptors (Lipinski definition) is 3. The van der Waals surface area contributed by atoms with Crippen LogP contribution in [0.15, 0.2) is 42.6 Å². The SMILES string of the molecule is CCNC(Cc1ccc(OC)nc1)Cc1cccc(Cl)c1. The maximum atomic E-state index is 6.05. The molecule has 21 heavy (non-hydrogen) atoms. The van der Waals surface area contributed by atoms with E-state index in [-0.39, 0.29) is 0 Å². The van der Waals surface area contributed by atoms with E-state index in [1.54, 1.807) is 7.11 Å². The van der Waals surface area contributed by atoms with Crippen molar-refractivity contribution < 1.29 is 4.74 Å². The number of halogens is 1. The van der Waals surface area contributed by atoms with E-state index in [9.17, 15) is 0 Å². The van der Waals surface area contributed by atoms with Gasteiger partial charge in [-0.25, -0.2) is 4.98 Å². The van der Waals surface area contributed by atoms with Gasteiger partial charge >= 0.3 is 0 Å². The van der Waals surface area contributed by atoms with Crippen molar-refractivity contribution in [2.45, 2.75) is 25.8 Å². The summed E-state index contributed by atoms with van der Waals surface area (Å²) in [6, 6.07) is 12.4. The molecule has 2 aromatic rings. The number of methoxy groups -OCH3 is 1. The average Bonchev–Trinajstić information content (AvgIpc) is 2.48. The zero-order valence-corrected chi connectivity index (χ0v) is 13.2. The number of likely N-dealkylation sites (N-methyl/N-ethyl adjacent to an activating group) is 1. The lowest BCUT2D eigenvalue weighted by Gasteiger charge is -2.18. The second-order valence-electron chi connectivity index (χ2n) is 5.00. The summed E-state index contributed by atoms with van der Waals surface area (Å²) < 4.78 is 5.09. The Morgan fingerprint density at radius 2 is 2.00 bits per heavy atom. The Morgan fingerprint density at radius 3 is 2.62 bits per heavy atom. The molecule has 0 aliphatic rings. The predicted molar refractivity (Wildman–Crippen MR) is 87.1 cm³/mol. The number of rotatable bonds is 7. The van der Waals surface area contributed by atoms with E-state index in [1.807, 2.05) is 30.5 Å². The quantitative estimate of drug-likeness (QED) is 0.850. The lowest BCUT2D eigenvalue weighted by Crippen LogP contribution is -2.33. The van der Waals surface area contributed by atoms with Crippen molar-refractivity contribution in [3.63, 3.8) is 0 Å². The van der Waals surface area contributed by atoms with E-state index in [1.165, 1.54) is 11.1 Å². The lowest BCUT2D eigenvalue weighted by molar-refractivity contribution is 0.397. The molecule has 112 valence electrons. The van der Waals surface area contributed by atoms with Crippen LogP contribution in [0.25, 0.3) is 0 Å². The van der Waals surface area contributed by atoms with E-state index >= 15 is 0 Å². The van der Waals surface area contributed by atoms with Crippen molar-refractivity contribution in [2.24, 2.45) is 0 Å². The van der Waals surface area contributed by atoms with Crippen molar-refractivity contribution in [1.29, 1.82) is 0 Å². The van der Waals surface area contributed by atoms with Gasteiger partial charge < -0.3 is 10.1 Å². The Kier molecular flexibility index (Phi) is 6.03. The third-order valence-corrected chi connectivity index (χ3v) is 3.59. The first-order valence-corrected chi connectivity index (χ1v) is 7.55. The van der Waals surface area contributed by atoms with Gasteiger partial charge in [0.2, 0.25) is 5.88 Å². The molecule has 1 heterocycles. The van der Waals surface area contributed by atoms with Crippen LogP contribution in [0.5, 0.6) is 5.88 Å². The lowest BCUT2D eigenvalue weighted by atomic mass is 10.00. The summed E-state index contributed by atoms with van der Waals surface area (Å²) in [7, 11) is 1.63. The first kappa shape index (κ1) is 15.8. The molecule has 1 aromatic heterocycles. The fraction of sp³-hybridized carbons (Fsp3) is 0.353. The van der Waals surface area contributed by atoms with Crippen molar-refractivity contribution in [2.75, 3.05) is 13.7 Å². The molecule has 0 aliphatic carbocycles. The van der Waals surface area contributed by atoms with Gasteiger partial charge in [0.1, 0.15) is 0 Å². The molecule has 4 heteroatoms. The molecule has 0 spiro atoms. The van der Waals surface area contributed by atoms with Crippen molar-refractivity contribution in [1.82, 2.24) is 10.3 Å². The van der Waals surface area contributed by atoms with Crippen LogP contribution < -0.4 is 10.1 Å². The smallest absolute Gasteiger partial charge is 0.212 e. The summed E-state index contributed by atoms with van der Waals surface area (Å²) >= 11 is 6.05. The van der Waals surface area contributed by atoms with E-state index in [2.05, 4.69) is 29.4 Å². The molecule has 1 atom stereocenters. The first-order valence-electron chi connectivity index (χ1n) is 7.18. The summed E-state index contributed by atoms with van der Waals surface area (Å²) in [5, 5.41) is 4.31. The van der Waals surface area contributed by atoms with Crippen LogP contribution in [0.3, 0.4) is 0 Å². The molecule has 0 radical (unpaired) electrons. The van der Waals surface area contributed by atoms with Crippen LogP contribution in [-0.2, 0) is 12.8 Å². The number of hydrogen-bond donors (Lipinski definition) is 1. The normalized spacial score (nSPS) is 12.1. The second-order valence-corrected chi connectivity index (χ2v) is 5.44. The maximum Gasteiger partial charge on any atom is 0.212 e. The molecule has 2 rings (SSSR count). The minimum absolute atomic E-state index is 0.365. The summed E-state index contributed by atoms with van der Waals surface area (Å²) in [5.74, 6) is 0.647. The number of nitrogens with one attached hydrogen (secondary N) is 1. The van der Waals surface area contributed by atoms with Crippen LogP contribution in [0.2, 0.25) is 5.02 Å². The average molecular weight is 305 g/mol. The number of benzene rings is 1. The highest BCUT2D eigenvalue weighted by Crippen LogP contribution is 2.15. The maximum absolute atomic E-state index is 6.05. The molecule has 3 nitrogen and oxygen atoms in total. The van der Waals surface area contributed by atoms with E-state index in [0.717, 1.165) is 24.4 Å². The van der Waals surface area contributed by atoms with Crippen LogP contribution in [0.1, 0.15) is 18.1 Å². The van der Waals surface area contributed by atoms with Gasteiger partial charge in [-0.2, -0.15) is 0 Å². The molecule has 0 fully saturated rings. The first-order chi connectivity index (χ1) is 10.2. The fourth-order valence-electron chi connectivity index (χ4n) is 2.39. The molecular formula is C17H21ClN2O. The topological polar surface area (TPSA) is 34.1 Å². The van der Waals surface area contributed by atoms with Crippen LogP contribution in [0, 0.1) is 0 Å². The van der Waals surface area contributed by atoms with Crippen LogP contribution >= 0.6 is 11.6 Å². The molecule has 1 aromatic carbocycles. The predicted octanol–water partition coefficient (Wildman–Crippen LogP) is 3.51. The Morgan fingerprint density at radius 1 is 1.19 bits per heavy atom. The molecule has 0 aliphatic heterocycles. The number of nitrogens with zero attached hydrogens (tertiary/aromatic N) is 1. The van der Waals surface area contributed by atoms with Gasteiger partial charge in [-0.15, -0.1) is 0 Å². The Hall–Kier alpha value is -1.58. The highest BCUT2D eigenvalue weighted by molar-refractivity contribution is 6.30. The Bertz CT molecular complexity index is 557. The summed E-state index contributed by atoms with van der Waals surface area (Å²) in [4.78, 5) is 4.26. The van der Waals surface area contributed by atoms with Crippen LogP contribution in [0.4, 0.5) is 0 Å². The highest BCUT2D eigenvalue weighted by Gasteiger charge is 2.10. The van der Waals surface area contributed by atoms with Crippen molar-refractivity contribution >= 4 is 11.6 Å². The number of pyridine rings is 1. The molecule has 0 saturated carbocycles. The standard InChI is InChI=1S/C17H21ClN2O/c1-3-19-16(10-13-5-4-6-15(18)9-13)11-14-7-8-17(21-2)20-12-14/h4-9,12,16,19H,3,10-11H2,1-2H3. The zero-order chi connectivity index (χ0) is 15.1. The Balaban J connectivity index is 2.04. The molecule has 1 unspecified atom stereocenters. The zero-order valence-electron chi connectivity index (χ0n) is 12.5. The monoisotopic (exact) mass is 304 g/mol. The van der Waals surface area contributed by atoms with Gasteiger partial charge in [0, 0.05) is 23.3 Å². The van der Waals surface area contributed by atoms with Crippen molar-refractivity contribution in [3.8, 4) is 5.88 Å². The minimum Gasteiger partial charge on any atom is -0.481 e. The Labute approximate surface area is 131 Å². The van der Waals surface area contributed by atoms with Gasteiger partial charge in [-0.1, -0.05) is 36.7 Å². The highest BCUT2D eigenvalue weighted by atomic mass is 35.5. The van der Waals surface area contributed by atoms with Gasteiger partial charge in [-0.3, -0.25) is 0 Å². The summed E-state index contributed by atoms with van der Waals surface area (Å²) in [6.45, 7) is 3.06. The van der Waals surface area contributed by atoms with E-state index < -0.39 is 0 Å². The minimum atomic E-state index is 0.365. The second kappa shape index (κ2) is 8.01. The molecular weight excluding hydrogens is 284 g/mol. The molecule has 1 N–H and O–H groups in total.